The molecular weight excluding hydrogens is 364 g/mol. The fourth-order valence-electron chi connectivity index (χ4n) is 2.70. The summed E-state index contributed by atoms with van der Waals surface area (Å²) in [7, 11) is 0. The highest BCUT2D eigenvalue weighted by Crippen LogP contribution is 2.20. The van der Waals surface area contributed by atoms with Gasteiger partial charge in [-0.3, -0.25) is 9.48 Å². The van der Waals surface area contributed by atoms with Gasteiger partial charge in [0.1, 0.15) is 5.69 Å². The summed E-state index contributed by atoms with van der Waals surface area (Å²) in [5.41, 5.74) is 7.01. The van der Waals surface area contributed by atoms with E-state index in [0.717, 1.165) is 28.1 Å². The Bertz CT molecular complexity index is 1020. The number of carbonyl (C=O) groups excluding carboxylic acids is 1. The van der Waals surface area contributed by atoms with Crippen molar-refractivity contribution < 1.29 is 4.79 Å². The molecule has 2 N–H and O–H groups in total. The maximum atomic E-state index is 12.0. The molecule has 0 radical (unpaired) electrons. The van der Waals surface area contributed by atoms with Crippen molar-refractivity contribution in [1.82, 2.24) is 15.2 Å². The standard InChI is InChI=1S/C22H22N6O/c1-17-8-10-20(11-9-17)24-15-21(29)26-25-14-19-16-28(13-5-12-23)27-22(19)18-6-3-2-4-7-18/h2-4,6-11,14,16,24H,5,13,15H2,1H3,(H,26,29)/b25-14-. The van der Waals surface area contributed by atoms with Crippen molar-refractivity contribution in [2.24, 2.45) is 5.10 Å². The summed E-state index contributed by atoms with van der Waals surface area (Å²) in [6.07, 6.45) is 3.76. The molecule has 0 atom stereocenters. The van der Waals surface area contributed by atoms with Gasteiger partial charge in [0.15, 0.2) is 0 Å². The highest BCUT2D eigenvalue weighted by atomic mass is 16.2. The summed E-state index contributed by atoms with van der Waals surface area (Å²) < 4.78 is 1.72. The molecule has 0 aliphatic heterocycles. The lowest BCUT2D eigenvalue weighted by Gasteiger charge is -2.05. The Kier molecular flexibility index (Phi) is 6.74. The first-order valence-corrected chi connectivity index (χ1v) is 9.28. The van der Waals surface area contributed by atoms with Gasteiger partial charge < -0.3 is 5.32 Å². The van der Waals surface area contributed by atoms with Crippen LogP contribution in [-0.2, 0) is 11.3 Å². The number of benzene rings is 2. The number of hydrazone groups is 1. The third-order valence-corrected chi connectivity index (χ3v) is 4.19. The maximum Gasteiger partial charge on any atom is 0.259 e. The van der Waals surface area contributed by atoms with E-state index in [4.69, 9.17) is 5.26 Å². The molecule has 1 amide bonds. The lowest BCUT2D eigenvalue weighted by molar-refractivity contribution is -0.119. The smallest absolute Gasteiger partial charge is 0.259 e. The molecule has 0 unspecified atom stereocenters. The van der Waals surface area contributed by atoms with Crippen LogP contribution in [0.3, 0.4) is 0 Å². The first-order valence-electron chi connectivity index (χ1n) is 9.28. The van der Waals surface area contributed by atoms with E-state index in [-0.39, 0.29) is 12.5 Å². The molecule has 3 aromatic rings. The summed E-state index contributed by atoms with van der Waals surface area (Å²) >= 11 is 0. The Morgan fingerprint density at radius 1 is 1.21 bits per heavy atom. The van der Waals surface area contributed by atoms with E-state index in [9.17, 15) is 4.79 Å². The van der Waals surface area contributed by atoms with Gasteiger partial charge in [0.05, 0.1) is 31.8 Å². The van der Waals surface area contributed by atoms with Crippen molar-refractivity contribution >= 4 is 17.8 Å². The largest absolute Gasteiger partial charge is 0.376 e. The van der Waals surface area contributed by atoms with Crippen molar-refractivity contribution in [2.75, 3.05) is 11.9 Å². The summed E-state index contributed by atoms with van der Waals surface area (Å²) in [6, 6.07) is 19.6. The van der Waals surface area contributed by atoms with Gasteiger partial charge >= 0.3 is 0 Å². The second-order valence-electron chi connectivity index (χ2n) is 6.48. The van der Waals surface area contributed by atoms with Gasteiger partial charge in [-0.1, -0.05) is 48.0 Å². The van der Waals surface area contributed by atoms with Crippen LogP contribution >= 0.6 is 0 Å². The molecule has 1 heterocycles. The maximum absolute atomic E-state index is 12.0. The molecule has 7 heteroatoms. The third kappa shape index (κ3) is 5.78. The van der Waals surface area contributed by atoms with E-state index >= 15 is 0 Å². The average molecular weight is 386 g/mol. The lowest BCUT2D eigenvalue weighted by atomic mass is 10.1. The predicted octanol–water partition coefficient (Wildman–Crippen LogP) is 3.33. The number of anilines is 1. The number of aromatic nitrogens is 2. The van der Waals surface area contributed by atoms with Crippen LogP contribution < -0.4 is 10.7 Å². The minimum Gasteiger partial charge on any atom is -0.376 e. The predicted molar refractivity (Wildman–Crippen MR) is 113 cm³/mol. The van der Waals surface area contributed by atoms with Crippen molar-refractivity contribution in [1.29, 1.82) is 5.26 Å². The number of nitriles is 1. The topological polar surface area (TPSA) is 95.1 Å². The zero-order valence-electron chi connectivity index (χ0n) is 16.2. The van der Waals surface area contributed by atoms with Gasteiger partial charge in [0, 0.05) is 23.0 Å². The Morgan fingerprint density at radius 3 is 2.69 bits per heavy atom. The molecule has 29 heavy (non-hydrogen) atoms. The molecule has 0 fully saturated rings. The van der Waals surface area contributed by atoms with E-state index in [1.165, 1.54) is 0 Å². The van der Waals surface area contributed by atoms with Gasteiger partial charge in [0.25, 0.3) is 5.91 Å². The highest BCUT2D eigenvalue weighted by molar-refractivity contribution is 5.89. The zero-order chi connectivity index (χ0) is 20.5. The summed E-state index contributed by atoms with van der Waals surface area (Å²) in [6.45, 7) is 2.63. The van der Waals surface area contributed by atoms with E-state index < -0.39 is 0 Å². The number of hydrogen-bond donors (Lipinski definition) is 2. The molecule has 1 aromatic heterocycles. The zero-order valence-corrected chi connectivity index (χ0v) is 16.2. The van der Waals surface area contributed by atoms with Crippen LogP contribution in [0, 0.1) is 18.3 Å². The Labute approximate surface area is 169 Å². The van der Waals surface area contributed by atoms with Crippen LogP contribution in [0.1, 0.15) is 17.5 Å². The second kappa shape index (κ2) is 9.85. The SMILES string of the molecule is Cc1ccc(NCC(=O)N/N=C\c2cn(CCC#N)nc2-c2ccccc2)cc1. The van der Waals surface area contributed by atoms with Crippen molar-refractivity contribution in [3.05, 3.63) is 71.9 Å². The number of amides is 1. The highest BCUT2D eigenvalue weighted by Gasteiger charge is 2.10. The normalized spacial score (nSPS) is 10.6. The Balaban J connectivity index is 1.64. The molecule has 0 bridgehead atoms. The molecule has 0 spiro atoms. The molecule has 2 aromatic carbocycles. The van der Waals surface area contributed by atoms with Crippen LogP contribution in [0.15, 0.2) is 65.9 Å². The van der Waals surface area contributed by atoms with Crippen LogP contribution in [0.5, 0.6) is 0 Å². The van der Waals surface area contributed by atoms with E-state index in [1.54, 1.807) is 10.9 Å². The van der Waals surface area contributed by atoms with Crippen LogP contribution in [0.25, 0.3) is 11.3 Å². The molecule has 146 valence electrons. The molecular formula is C22H22N6O. The fraction of sp³-hybridized carbons (Fsp3) is 0.182. The van der Waals surface area contributed by atoms with E-state index in [2.05, 4.69) is 27.0 Å². The van der Waals surface area contributed by atoms with Crippen molar-refractivity contribution in [2.45, 2.75) is 19.9 Å². The van der Waals surface area contributed by atoms with Crippen LogP contribution in [0.2, 0.25) is 0 Å². The average Bonchev–Trinajstić information content (AvgIpc) is 3.15. The summed E-state index contributed by atoms with van der Waals surface area (Å²) in [5.74, 6) is -0.250. The number of rotatable bonds is 8. The lowest BCUT2D eigenvalue weighted by Crippen LogP contribution is -2.25. The minimum absolute atomic E-state index is 0.118. The van der Waals surface area contributed by atoms with E-state index in [0.29, 0.717) is 13.0 Å². The molecule has 0 saturated carbocycles. The van der Waals surface area contributed by atoms with Gasteiger partial charge in [-0.25, -0.2) is 5.43 Å². The first kappa shape index (κ1) is 19.8. The number of nitrogens with one attached hydrogen (secondary N) is 2. The van der Waals surface area contributed by atoms with Crippen molar-refractivity contribution in [3.8, 4) is 17.3 Å². The number of nitrogens with zero attached hydrogens (tertiary/aromatic N) is 4. The number of hydrogen-bond acceptors (Lipinski definition) is 5. The van der Waals surface area contributed by atoms with Gasteiger partial charge in [0.2, 0.25) is 0 Å². The minimum atomic E-state index is -0.250. The second-order valence-corrected chi connectivity index (χ2v) is 6.48. The molecule has 3 rings (SSSR count). The Hall–Kier alpha value is -3.92. The summed E-state index contributed by atoms with van der Waals surface area (Å²) in [5, 5.41) is 20.5. The van der Waals surface area contributed by atoms with Gasteiger partial charge in [-0.05, 0) is 19.1 Å². The van der Waals surface area contributed by atoms with Crippen molar-refractivity contribution in [3.63, 3.8) is 0 Å². The van der Waals surface area contributed by atoms with Gasteiger partial charge in [-0.2, -0.15) is 15.5 Å². The quantitative estimate of drug-likeness (QED) is 0.458. The molecule has 0 aliphatic rings. The van der Waals surface area contributed by atoms with Gasteiger partial charge in [-0.15, -0.1) is 0 Å². The van der Waals surface area contributed by atoms with E-state index in [1.807, 2.05) is 67.7 Å². The fourth-order valence-corrected chi connectivity index (χ4v) is 2.70. The number of aryl methyl sites for hydroxylation is 2. The Morgan fingerprint density at radius 2 is 1.97 bits per heavy atom. The summed E-state index contributed by atoms with van der Waals surface area (Å²) in [4.78, 5) is 12.0. The first-order chi connectivity index (χ1) is 14.2. The number of carbonyl (C=O) groups is 1. The molecule has 0 aliphatic carbocycles. The third-order valence-electron chi connectivity index (χ3n) is 4.19. The monoisotopic (exact) mass is 386 g/mol. The molecule has 7 nitrogen and oxygen atoms in total. The van der Waals surface area contributed by atoms with Crippen LogP contribution in [0.4, 0.5) is 5.69 Å². The molecule has 0 saturated heterocycles. The van der Waals surface area contributed by atoms with Crippen LogP contribution in [-0.4, -0.2) is 28.4 Å².